The van der Waals surface area contributed by atoms with E-state index in [2.05, 4.69) is 19.1 Å². The fourth-order valence-electron chi connectivity index (χ4n) is 3.12. The lowest BCUT2D eigenvalue weighted by molar-refractivity contribution is 0.0386. The summed E-state index contributed by atoms with van der Waals surface area (Å²) in [6.45, 7) is 2.96. The summed E-state index contributed by atoms with van der Waals surface area (Å²) in [5.41, 5.74) is 1.99. The van der Waals surface area contributed by atoms with Crippen molar-refractivity contribution in [3.63, 3.8) is 0 Å². The highest BCUT2D eigenvalue weighted by Gasteiger charge is 2.33. The summed E-state index contributed by atoms with van der Waals surface area (Å²) >= 11 is 1.67. The number of nitriles is 1. The highest BCUT2D eigenvalue weighted by atomic mass is 32.1. The lowest BCUT2D eigenvalue weighted by Gasteiger charge is -2.36. The van der Waals surface area contributed by atoms with Crippen molar-refractivity contribution in [3.05, 3.63) is 57.3 Å². The number of aliphatic hydroxyl groups excluding tert-OH is 1. The summed E-state index contributed by atoms with van der Waals surface area (Å²) in [4.78, 5) is 15.5. The van der Waals surface area contributed by atoms with Crippen molar-refractivity contribution in [1.29, 1.82) is 5.26 Å². The first-order valence-corrected chi connectivity index (χ1v) is 8.50. The molecule has 2 heterocycles. The monoisotopic (exact) mass is 326 g/mol. The van der Waals surface area contributed by atoms with Gasteiger partial charge in [0, 0.05) is 23.9 Å². The summed E-state index contributed by atoms with van der Waals surface area (Å²) in [5.74, 6) is -0.0900. The molecule has 0 saturated carbocycles. The third-order valence-electron chi connectivity index (χ3n) is 4.39. The van der Waals surface area contributed by atoms with Crippen LogP contribution in [0.5, 0.6) is 0 Å². The molecule has 118 valence electrons. The fraction of sp³-hybridized carbons (Fsp3) is 0.333. The van der Waals surface area contributed by atoms with Crippen molar-refractivity contribution in [2.75, 3.05) is 13.1 Å². The van der Waals surface area contributed by atoms with E-state index in [9.17, 15) is 9.90 Å². The fourth-order valence-corrected chi connectivity index (χ4v) is 4.25. The minimum absolute atomic E-state index is 0.0882. The van der Waals surface area contributed by atoms with Gasteiger partial charge in [-0.3, -0.25) is 4.79 Å². The molecule has 3 rings (SSSR count). The Labute approximate surface area is 139 Å². The highest BCUT2D eigenvalue weighted by molar-refractivity contribution is 7.10. The van der Waals surface area contributed by atoms with Crippen molar-refractivity contribution in [3.8, 4) is 6.07 Å². The van der Waals surface area contributed by atoms with E-state index in [-0.39, 0.29) is 11.8 Å². The number of thiophene rings is 1. The first-order valence-electron chi connectivity index (χ1n) is 7.62. The van der Waals surface area contributed by atoms with Gasteiger partial charge in [0.25, 0.3) is 5.91 Å². The van der Waals surface area contributed by atoms with Crippen LogP contribution in [0, 0.1) is 18.3 Å². The minimum atomic E-state index is -0.570. The van der Waals surface area contributed by atoms with Crippen LogP contribution in [-0.2, 0) is 0 Å². The van der Waals surface area contributed by atoms with Crippen LogP contribution in [0.15, 0.2) is 35.7 Å². The maximum atomic E-state index is 12.7. The molecule has 0 aliphatic carbocycles. The molecule has 4 nitrogen and oxygen atoms in total. The predicted octanol–water partition coefficient (Wildman–Crippen LogP) is 2.92. The molecule has 0 radical (unpaired) electrons. The van der Waals surface area contributed by atoms with Crippen LogP contribution < -0.4 is 0 Å². The van der Waals surface area contributed by atoms with E-state index in [4.69, 9.17) is 5.26 Å². The van der Waals surface area contributed by atoms with Crippen LogP contribution in [0.3, 0.4) is 0 Å². The number of carbonyl (C=O) groups is 1. The molecule has 2 aromatic rings. The number of benzene rings is 1. The second-order valence-electron chi connectivity index (χ2n) is 5.84. The van der Waals surface area contributed by atoms with Gasteiger partial charge in [0.2, 0.25) is 0 Å². The third kappa shape index (κ3) is 3.00. The summed E-state index contributed by atoms with van der Waals surface area (Å²) in [6.07, 6.45) is 0.169. The number of amides is 1. The maximum absolute atomic E-state index is 12.7. The molecular weight excluding hydrogens is 308 g/mol. The number of piperidine rings is 1. The molecule has 1 aromatic carbocycles. The molecular formula is C18H18N2O2S. The normalized spacial score (nSPS) is 21.0. The Morgan fingerprint density at radius 2 is 2.17 bits per heavy atom. The molecule has 0 unspecified atom stereocenters. The minimum Gasteiger partial charge on any atom is -0.391 e. The van der Waals surface area contributed by atoms with Gasteiger partial charge in [-0.1, -0.05) is 12.1 Å². The SMILES string of the molecule is Cc1ccsc1[C@H]1CCN(C(=O)c2ccccc2C#N)C[C@@H]1O. The lowest BCUT2D eigenvalue weighted by atomic mass is 9.90. The van der Waals surface area contributed by atoms with Gasteiger partial charge in [0.15, 0.2) is 0 Å². The number of hydrogen-bond donors (Lipinski definition) is 1. The van der Waals surface area contributed by atoms with Crippen molar-refractivity contribution in [2.45, 2.75) is 25.4 Å². The summed E-state index contributed by atoms with van der Waals surface area (Å²) in [5, 5.41) is 21.7. The zero-order valence-corrected chi connectivity index (χ0v) is 13.7. The van der Waals surface area contributed by atoms with E-state index in [1.54, 1.807) is 40.5 Å². The molecule has 23 heavy (non-hydrogen) atoms. The van der Waals surface area contributed by atoms with Crippen molar-refractivity contribution >= 4 is 17.2 Å². The van der Waals surface area contributed by atoms with Crippen molar-refractivity contribution in [1.82, 2.24) is 4.90 Å². The van der Waals surface area contributed by atoms with E-state index in [0.717, 1.165) is 6.42 Å². The number of carbonyl (C=O) groups excluding carboxylic acids is 1. The Morgan fingerprint density at radius 1 is 1.39 bits per heavy atom. The van der Waals surface area contributed by atoms with Crippen LogP contribution in [0.4, 0.5) is 0 Å². The molecule has 1 saturated heterocycles. The van der Waals surface area contributed by atoms with Crippen LogP contribution >= 0.6 is 11.3 Å². The van der Waals surface area contributed by atoms with Gasteiger partial charge in [-0.2, -0.15) is 5.26 Å². The number of likely N-dealkylation sites (tertiary alicyclic amines) is 1. The summed E-state index contributed by atoms with van der Waals surface area (Å²) < 4.78 is 0. The van der Waals surface area contributed by atoms with Gasteiger partial charge in [-0.15, -0.1) is 11.3 Å². The summed E-state index contributed by atoms with van der Waals surface area (Å²) in [7, 11) is 0. The van der Waals surface area contributed by atoms with E-state index < -0.39 is 6.10 Å². The Balaban J connectivity index is 1.76. The Kier molecular flexibility index (Phi) is 4.46. The Bertz CT molecular complexity index is 762. The first kappa shape index (κ1) is 15.7. The average Bonchev–Trinajstić information content (AvgIpc) is 3.00. The maximum Gasteiger partial charge on any atom is 0.255 e. The quantitative estimate of drug-likeness (QED) is 0.923. The van der Waals surface area contributed by atoms with Gasteiger partial charge < -0.3 is 10.0 Å². The molecule has 0 spiro atoms. The second-order valence-corrected chi connectivity index (χ2v) is 6.79. The topological polar surface area (TPSA) is 64.3 Å². The van der Waals surface area contributed by atoms with Crippen molar-refractivity contribution < 1.29 is 9.90 Å². The average molecular weight is 326 g/mol. The van der Waals surface area contributed by atoms with Crippen LogP contribution in [0.25, 0.3) is 0 Å². The number of nitrogens with zero attached hydrogens (tertiary/aromatic N) is 2. The van der Waals surface area contributed by atoms with Gasteiger partial charge in [-0.05, 0) is 42.5 Å². The smallest absolute Gasteiger partial charge is 0.255 e. The Morgan fingerprint density at radius 3 is 2.83 bits per heavy atom. The third-order valence-corrected chi connectivity index (χ3v) is 5.54. The molecule has 2 atom stereocenters. The van der Waals surface area contributed by atoms with E-state index in [1.807, 2.05) is 5.38 Å². The number of rotatable bonds is 2. The largest absolute Gasteiger partial charge is 0.391 e. The standard InChI is InChI=1S/C18H18N2O2S/c1-12-7-9-23-17(12)15-6-8-20(11-16(15)21)18(22)14-5-3-2-4-13(14)10-19/h2-5,7,9,15-16,21H,6,8,11H2,1H3/t15-,16-/m0/s1. The number of aliphatic hydroxyl groups is 1. The van der Waals surface area contributed by atoms with Crippen LogP contribution in [0.1, 0.15) is 38.7 Å². The highest BCUT2D eigenvalue weighted by Crippen LogP contribution is 2.34. The molecule has 1 aliphatic heterocycles. The molecule has 1 aromatic heterocycles. The lowest BCUT2D eigenvalue weighted by Crippen LogP contribution is -2.45. The van der Waals surface area contributed by atoms with Crippen LogP contribution in [-0.4, -0.2) is 35.1 Å². The molecule has 1 aliphatic rings. The molecule has 5 heteroatoms. The number of aryl methyl sites for hydroxylation is 1. The van der Waals surface area contributed by atoms with Crippen molar-refractivity contribution in [2.24, 2.45) is 0 Å². The molecule has 1 amide bonds. The van der Waals surface area contributed by atoms with Gasteiger partial charge >= 0.3 is 0 Å². The van der Waals surface area contributed by atoms with E-state index in [1.165, 1.54) is 10.4 Å². The predicted molar refractivity (Wildman–Crippen MR) is 89.5 cm³/mol. The van der Waals surface area contributed by atoms with Gasteiger partial charge in [0.1, 0.15) is 0 Å². The Hall–Kier alpha value is -2.16. The summed E-state index contributed by atoms with van der Waals surface area (Å²) in [6, 6.07) is 10.9. The van der Waals surface area contributed by atoms with Gasteiger partial charge in [-0.25, -0.2) is 0 Å². The first-order chi connectivity index (χ1) is 11.1. The van der Waals surface area contributed by atoms with Crippen LogP contribution in [0.2, 0.25) is 0 Å². The van der Waals surface area contributed by atoms with E-state index in [0.29, 0.717) is 24.2 Å². The van der Waals surface area contributed by atoms with Gasteiger partial charge in [0.05, 0.1) is 23.3 Å². The van der Waals surface area contributed by atoms with E-state index >= 15 is 0 Å². The zero-order chi connectivity index (χ0) is 16.4. The molecule has 1 fully saturated rings. The zero-order valence-electron chi connectivity index (χ0n) is 12.9. The second kappa shape index (κ2) is 6.53. The molecule has 1 N–H and O–H groups in total. The molecule has 0 bridgehead atoms. The number of β-amino-alcohol motifs (C(OH)–C–C–N with tert-alkyl or cyclic N) is 1. The number of hydrogen-bond acceptors (Lipinski definition) is 4.